The first kappa shape index (κ1) is 13.7. The molecule has 0 aliphatic heterocycles. The molecule has 1 aliphatic rings. The first-order valence-corrected chi connectivity index (χ1v) is 7.65. The van der Waals surface area contributed by atoms with Gasteiger partial charge in [0.1, 0.15) is 0 Å². The molecule has 1 unspecified atom stereocenters. The molecule has 1 saturated carbocycles. The smallest absolute Gasteiger partial charge is 0.0450 e. The van der Waals surface area contributed by atoms with E-state index in [1.54, 1.807) is 0 Å². The van der Waals surface area contributed by atoms with Crippen LogP contribution in [0, 0.1) is 12.8 Å². The van der Waals surface area contributed by atoms with Gasteiger partial charge >= 0.3 is 0 Å². The van der Waals surface area contributed by atoms with Crippen molar-refractivity contribution in [3.63, 3.8) is 0 Å². The Balaban J connectivity index is 1.72. The van der Waals surface area contributed by atoms with Gasteiger partial charge in [0.2, 0.25) is 0 Å². The quantitative estimate of drug-likeness (QED) is 0.825. The fraction of sp³-hybridized carbons (Fsp3) is 0.333. The van der Waals surface area contributed by atoms with Gasteiger partial charge in [0, 0.05) is 17.6 Å². The van der Waals surface area contributed by atoms with Gasteiger partial charge < -0.3 is 5.32 Å². The van der Waals surface area contributed by atoms with Gasteiger partial charge in [-0.15, -0.1) is 0 Å². The molecule has 1 fully saturated rings. The molecule has 2 aromatic carbocycles. The number of benzene rings is 2. The van der Waals surface area contributed by atoms with Crippen molar-refractivity contribution in [2.75, 3.05) is 0 Å². The predicted molar refractivity (Wildman–Crippen MR) is 84.9 cm³/mol. The van der Waals surface area contributed by atoms with Gasteiger partial charge in [-0.05, 0) is 42.9 Å². The van der Waals surface area contributed by atoms with E-state index < -0.39 is 0 Å². The Hall–Kier alpha value is -1.31. The summed E-state index contributed by atoms with van der Waals surface area (Å²) < 4.78 is 0. The van der Waals surface area contributed by atoms with Crippen molar-refractivity contribution in [2.24, 2.45) is 5.92 Å². The minimum Gasteiger partial charge on any atom is -0.306 e. The average molecular weight is 286 g/mol. The highest BCUT2D eigenvalue weighted by atomic mass is 35.5. The largest absolute Gasteiger partial charge is 0.306 e. The van der Waals surface area contributed by atoms with Crippen molar-refractivity contribution in [3.05, 3.63) is 70.2 Å². The van der Waals surface area contributed by atoms with Gasteiger partial charge in [0.25, 0.3) is 0 Å². The summed E-state index contributed by atoms with van der Waals surface area (Å²) >= 11 is 6.23. The fourth-order valence-electron chi connectivity index (χ4n) is 2.62. The Bertz CT molecular complexity index is 572. The van der Waals surface area contributed by atoms with Crippen LogP contribution < -0.4 is 5.32 Å². The Labute approximate surface area is 126 Å². The zero-order chi connectivity index (χ0) is 13.9. The molecule has 0 saturated heterocycles. The number of halogens is 1. The Morgan fingerprint density at radius 1 is 1.10 bits per heavy atom. The molecule has 0 radical (unpaired) electrons. The molecule has 0 spiro atoms. The van der Waals surface area contributed by atoms with E-state index in [-0.39, 0.29) is 0 Å². The Morgan fingerprint density at radius 2 is 1.80 bits per heavy atom. The van der Waals surface area contributed by atoms with Crippen LogP contribution >= 0.6 is 11.6 Å². The topological polar surface area (TPSA) is 12.0 Å². The molecule has 20 heavy (non-hydrogen) atoms. The van der Waals surface area contributed by atoms with Crippen LogP contribution in [0.25, 0.3) is 0 Å². The van der Waals surface area contributed by atoms with Crippen molar-refractivity contribution < 1.29 is 0 Å². The van der Waals surface area contributed by atoms with Gasteiger partial charge in [-0.25, -0.2) is 0 Å². The lowest BCUT2D eigenvalue weighted by Crippen LogP contribution is -2.22. The molecule has 104 valence electrons. The van der Waals surface area contributed by atoms with Crippen molar-refractivity contribution in [3.8, 4) is 0 Å². The molecule has 0 amide bonds. The number of aryl methyl sites for hydroxylation is 1. The highest BCUT2D eigenvalue weighted by molar-refractivity contribution is 6.31. The molecule has 2 heteroatoms. The zero-order valence-electron chi connectivity index (χ0n) is 11.8. The van der Waals surface area contributed by atoms with Crippen molar-refractivity contribution >= 4 is 11.6 Å². The van der Waals surface area contributed by atoms with E-state index in [9.17, 15) is 0 Å². The maximum Gasteiger partial charge on any atom is 0.0450 e. The van der Waals surface area contributed by atoms with E-state index in [0.29, 0.717) is 6.04 Å². The second-order valence-electron chi connectivity index (χ2n) is 5.70. The summed E-state index contributed by atoms with van der Waals surface area (Å²) in [6, 6.07) is 17.4. The van der Waals surface area contributed by atoms with Crippen LogP contribution in [0.4, 0.5) is 0 Å². The lowest BCUT2D eigenvalue weighted by atomic mass is 10.0. The molecule has 0 heterocycles. The lowest BCUT2D eigenvalue weighted by Gasteiger charge is -2.19. The standard InChI is InChI=1S/C18H20ClN/c1-13-6-8-14(9-7-13)18(15-10-11-15)20-12-16-4-2-3-5-17(16)19/h2-9,15,18,20H,10-12H2,1H3. The molecular weight excluding hydrogens is 266 g/mol. The number of hydrogen-bond donors (Lipinski definition) is 1. The monoisotopic (exact) mass is 285 g/mol. The molecule has 1 nitrogen and oxygen atoms in total. The van der Waals surface area contributed by atoms with Crippen molar-refractivity contribution in [2.45, 2.75) is 32.4 Å². The van der Waals surface area contributed by atoms with Gasteiger partial charge in [-0.1, -0.05) is 59.6 Å². The van der Waals surface area contributed by atoms with Crippen LogP contribution in [0.3, 0.4) is 0 Å². The minimum atomic E-state index is 0.451. The third-order valence-electron chi connectivity index (χ3n) is 4.00. The van der Waals surface area contributed by atoms with Gasteiger partial charge in [0.05, 0.1) is 0 Å². The summed E-state index contributed by atoms with van der Waals surface area (Å²) in [4.78, 5) is 0. The average Bonchev–Trinajstić information content (AvgIpc) is 3.27. The summed E-state index contributed by atoms with van der Waals surface area (Å²) in [6.45, 7) is 2.96. The van der Waals surface area contributed by atoms with Crippen LogP contribution in [-0.2, 0) is 6.54 Å². The van der Waals surface area contributed by atoms with Crippen LogP contribution in [0.2, 0.25) is 5.02 Å². The summed E-state index contributed by atoms with van der Waals surface area (Å²) in [6.07, 6.45) is 2.65. The van der Waals surface area contributed by atoms with E-state index in [1.165, 1.54) is 29.5 Å². The van der Waals surface area contributed by atoms with Crippen LogP contribution in [0.5, 0.6) is 0 Å². The summed E-state index contributed by atoms with van der Waals surface area (Å²) in [5.74, 6) is 0.778. The first-order chi connectivity index (χ1) is 9.74. The lowest BCUT2D eigenvalue weighted by molar-refractivity contribution is 0.480. The van der Waals surface area contributed by atoms with E-state index >= 15 is 0 Å². The molecule has 1 N–H and O–H groups in total. The molecular formula is C18H20ClN. The second-order valence-corrected chi connectivity index (χ2v) is 6.11. The minimum absolute atomic E-state index is 0.451. The maximum atomic E-state index is 6.23. The summed E-state index contributed by atoms with van der Waals surface area (Å²) in [5.41, 5.74) is 3.88. The molecule has 3 rings (SSSR count). The van der Waals surface area contributed by atoms with Crippen molar-refractivity contribution in [1.29, 1.82) is 0 Å². The highest BCUT2D eigenvalue weighted by Gasteiger charge is 2.31. The Kier molecular flexibility index (Phi) is 4.09. The number of nitrogens with one attached hydrogen (secondary N) is 1. The SMILES string of the molecule is Cc1ccc(C(NCc2ccccc2Cl)C2CC2)cc1. The van der Waals surface area contributed by atoms with E-state index in [1.807, 2.05) is 18.2 Å². The van der Waals surface area contributed by atoms with Gasteiger partial charge in [-0.2, -0.15) is 0 Å². The van der Waals surface area contributed by atoms with Gasteiger partial charge in [0.15, 0.2) is 0 Å². The predicted octanol–water partition coefficient (Wildman–Crippen LogP) is 4.89. The summed E-state index contributed by atoms with van der Waals surface area (Å²) in [7, 11) is 0. The normalized spacial score (nSPS) is 16.1. The van der Waals surface area contributed by atoms with Crippen LogP contribution in [0.15, 0.2) is 48.5 Å². The van der Waals surface area contributed by atoms with Gasteiger partial charge in [-0.3, -0.25) is 0 Å². The van der Waals surface area contributed by atoms with Crippen LogP contribution in [-0.4, -0.2) is 0 Å². The van der Waals surface area contributed by atoms with Crippen molar-refractivity contribution in [1.82, 2.24) is 5.32 Å². The zero-order valence-corrected chi connectivity index (χ0v) is 12.5. The maximum absolute atomic E-state index is 6.23. The number of hydrogen-bond acceptors (Lipinski definition) is 1. The third kappa shape index (κ3) is 3.23. The molecule has 1 aliphatic carbocycles. The first-order valence-electron chi connectivity index (χ1n) is 7.27. The fourth-order valence-corrected chi connectivity index (χ4v) is 2.82. The molecule has 0 bridgehead atoms. The van der Waals surface area contributed by atoms with E-state index in [2.05, 4.69) is 42.6 Å². The van der Waals surface area contributed by atoms with Crippen LogP contribution in [0.1, 0.15) is 35.6 Å². The second kappa shape index (κ2) is 5.99. The van der Waals surface area contributed by atoms with E-state index in [0.717, 1.165) is 17.5 Å². The molecule has 2 aromatic rings. The molecule has 1 atom stereocenters. The number of rotatable bonds is 5. The van der Waals surface area contributed by atoms with E-state index in [4.69, 9.17) is 11.6 Å². The highest BCUT2D eigenvalue weighted by Crippen LogP contribution is 2.41. The Morgan fingerprint density at radius 3 is 2.45 bits per heavy atom. The third-order valence-corrected chi connectivity index (χ3v) is 4.37. The molecule has 0 aromatic heterocycles. The summed E-state index contributed by atoms with van der Waals surface area (Å²) in [5, 5.41) is 4.54.